The van der Waals surface area contributed by atoms with Crippen LogP contribution >= 0.6 is 11.8 Å². The summed E-state index contributed by atoms with van der Waals surface area (Å²) in [5, 5.41) is 13.7. The van der Waals surface area contributed by atoms with Crippen molar-refractivity contribution < 1.29 is 32.4 Å². The molecule has 32 heavy (non-hydrogen) atoms. The summed E-state index contributed by atoms with van der Waals surface area (Å²) in [6.45, 7) is 1.98. The molecule has 0 unspecified atom stereocenters. The van der Waals surface area contributed by atoms with Crippen LogP contribution < -0.4 is 5.32 Å². The van der Waals surface area contributed by atoms with E-state index in [9.17, 15) is 32.9 Å². The van der Waals surface area contributed by atoms with Gasteiger partial charge in [0.05, 0.1) is 27.7 Å². The lowest BCUT2D eigenvalue weighted by Gasteiger charge is -2.09. The van der Waals surface area contributed by atoms with Crippen molar-refractivity contribution in [3.8, 4) is 0 Å². The number of amides is 1. The largest absolute Gasteiger partial charge is 0.463 e. The van der Waals surface area contributed by atoms with Gasteiger partial charge >= 0.3 is 12.1 Å². The highest BCUT2D eigenvalue weighted by molar-refractivity contribution is 8.00. The Kier molecular flexibility index (Phi) is 9.06. The summed E-state index contributed by atoms with van der Waals surface area (Å²) in [6, 6.07) is 9.92. The van der Waals surface area contributed by atoms with Gasteiger partial charge in [-0.05, 0) is 31.0 Å². The maximum atomic E-state index is 12.7. The maximum absolute atomic E-state index is 12.7. The average Bonchev–Trinajstić information content (AvgIpc) is 2.74. The number of rotatable bonds is 10. The number of aryl methyl sites for hydroxylation is 2. The van der Waals surface area contributed by atoms with Crippen LogP contribution in [-0.2, 0) is 26.9 Å². The van der Waals surface area contributed by atoms with Crippen LogP contribution in [0.25, 0.3) is 0 Å². The molecule has 0 aliphatic carbocycles. The van der Waals surface area contributed by atoms with Crippen molar-refractivity contribution >= 4 is 29.3 Å². The van der Waals surface area contributed by atoms with Crippen molar-refractivity contribution in [2.45, 2.75) is 30.8 Å². The fraction of sp³-hybridized carbons (Fsp3) is 0.333. The van der Waals surface area contributed by atoms with Gasteiger partial charge in [-0.3, -0.25) is 19.7 Å². The first-order valence-electron chi connectivity index (χ1n) is 9.52. The Hall–Kier alpha value is -3.08. The molecule has 0 aliphatic rings. The molecular weight excluding hydrogens is 449 g/mol. The minimum Gasteiger partial charge on any atom is -0.463 e. The van der Waals surface area contributed by atoms with Crippen molar-refractivity contribution in [1.82, 2.24) is 5.32 Å². The van der Waals surface area contributed by atoms with Gasteiger partial charge in [-0.1, -0.05) is 29.8 Å². The number of benzene rings is 2. The van der Waals surface area contributed by atoms with Gasteiger partial charge in [0, 0.05) is 12.5 Å². The van der Waals surface area contributed by atoms with Crippen LogP contribution in [-0.4, -0.2) is 35.7 Å². The van der Waals surface area contributed by atoms with E-state index in [1.165, 1.54) is 0 Å². The van der Waals surface area contributed by atoms with Crippen molar-refractivity contribution in [2.24, 2.45) is 0 Å². The highest BCUT2D eigenvalue weighted by Crippen LogP contribution is 2.36. The summed E-state index contributed by atoms with van der Waals surface area (Å²) < 4.78 is 43.1. The fourth-order valence-corrected chi connectivity index (χ4v) is 3.40. The van der Waals surface area contributed by atoms with Gasteiger partial charge in [-0.25, -0.2) is 0 Å². The Morgan fingerprint density at radius 3 is 2.47 bits per heavy atom. The van der Waals surface area contributed by atoms with Gasteiger partial charge in [-0.15, -0.1) is 11.8 Å². The molecule has 0 bridgehead atoms. The molecule has 172 valence electrons. The van der Waals surface area contributed by atoms with Crippen molar-refractivity contribution in [2.75, 3.05) is 18.9 Å². The highest BCUT2D eigenvalue weighted by atomic mass is 32.2. The number of hydrogen-bond acceptors (Lipinski definition) is 6. The molecule has 0 spiro atoms. The predicted octanol–water partition coefficient (Wildman–Crippen LogP) is 4.31. The standard InChI is InChI=1S/C21H21F3N2O5S/c1-14-2-4-15(5-3-14)6-9-19(27)25-10-11-31-20(28)13-32-18-8-7-16(21(22,23)24)12-17(18)26(29)30/h2-5,7-8,12H,6,9-11,13H2,1H3,(H,25,27). The van der Waals surface area contributed by atoms with Crippen LogP contribution in [0.2, 0.25) is 0 Å². The molecule has 0 saturated heterocycles. The van der Waals surface area contributed by atoms with E-state index >= 15 is 0 Å². The summed E-state index contributed by atoms with van der Waals surface area (Å²) in [4.78, 5) is 33.7. The number of esters is 1. The number of carbonyl (C=O) groups is 2. The number of nitrogens with one attached hydrogen (secondary N) is 1. The molecule has 0 aromatic heterocycles. The molecule has 1 N–H and O–H groups in total. The first-order chi connectivity index (χ1) is 15.1. The molecule has 0 aliphatic heterocycles. The number of carbonyl (C=O) groups excluding carboxylic acids is 2. The van der Waals surface area contributed by atoms with Crippen LogP contribution in [0.1, 0.15) is 23.1 Å². The fourth-order valence-electron chi connectivity index (χ4n) is 2.59. The monoisotopic (exact) mass is 470 g/mol. The topological polar surface area (TPSA) is 98.5 Å². The molecule has 0 fully saturated rings. The normalized spacial score (nSPS) is 11.1. The quantitative estimate of drug-likeness (QED) is 0.183. The Morgan fingerprint density at radius 2 is 1.84 bits per heavy atom. The zero-order valence-electron chi connectivity index (χ0n) is 17.1. The van der Waals surface area contributed by atoms with E-state index in [1.807, 2.05) is 31.2 Å². The minimum absolute atomic E-state index is 0.0793. The number of ether oxygens (including phenoxy) is 1. The SMILES string of the molecule is Cc1ccc(CCC(=O)NCCOC(=O)CSc2ccc(C(F)(F)F)cc2[N+](=O)[O-])cc1. The number of nitro benzene ring substituents is 1. The Morgan fingerprint density at radius 1 is 1.16 bits per heavy atom. The van der Waals surface area contributed by atoms with E-state index in [0.29, 0.717) is 30.3 Å². The van der Waals surface area contributed by atoms with Gasteiger partial charge in [0.2, 0.25) is 5.91 Å². The maximum Gasteiger partial charge on any atom is 0.416 e. The summed E-state index contributed by atoms with van der Waals surface area (Å²) in [7, 11) is 0. The van der Waals surface area contributed by atoms with E-state index in [-0.39, 0.29) is 36.1 Å². The third kappa shape index (κ3) is 8.22. The predicted molar refractivity (Wildman–Crippen MR) is 112 cm³/mol. The number of nitrogens with zero attached hydrogens (tertiary/aromatic N) is 1. The van der Waals surface area contributed by atoms with Crippen LogP contribution in [0.3, 0.4) is 0 Å². The Labute approximate surface area is 186 Å². The van der Waals surface area contributed by atoms with Crippen LogP contribution in [0.5, 0.6) is 0 Å². The Bertz CT molecular complexity index is 965. The lowest BCUT2D eigenvalue weighted by molar-refractivity contribution is -0.388. The van der Waals surface area contributed by atoms with Crippen molar-refractivity contribution in [3.05, 3.63) is 69.3 Å². The second-order valence-electron chi connectivity index (χ2n) is 6.78. The summed E-state index contributed by atoms with van der Waals surface area (Å²) in [6.07, 6.45) is -3.85. The van der Waals surface area contributed by atoms with Gasteiger partial charge in [0.25, 0.3) is 5.69 Å². The molecule has 2 aromatic carbocycles. The molecular formula is C21H21F3N2O5S. The zero-order chi connectivity index (χ0) is 23.7. The van der Waals surface area contributed by atoms with Crippen molar-refractivity contribution in [3.63, 3.8) is 0 Å². The first-order valence-corrected chi connectivity index (χ1v) is 10.5. The minimum atomic E-state index is -4.71. The smallest absolute Gasteiger partial charge is 0.416 e. The average molecular weight is 470 g/mol. The first kappa shape index (κ1) is 25.2. The second-order valence-corrected chi connectivity index (χ2v) is 7.80. The van der Waals surface area contributed by atoms with E-state index in [4.69, 9.17) is 4.74 Å². The van der Waals surface area contributed by atoms with Gasteiger partial charge in [0.15, 0.2) is 0 Å². The molecule has 11 heteroatoms. The lowest BCUT2D eigenvalue weighted by atomic mass is 10.1. The van der Waals surface area contributed by atoms with Crippen LogP contribution in [0, 0.1) is 17.0 Å². The van der Waals surface area contributed by atoms with E-state index < -0.39 is 28.3 Å². The molecule has 0 saturated carbocycles. The number of nitro groups is 1. The van der Waals surface area contributed by atoms with Crippen LogP contribution in [0.15, 0.2) is 47.4 Å². The van der Waals surface area contributed by atoms with Gasteiger partial charge in [0.1, 0.15) is 6.61 Å². The van der Waals surface area contributed by atoms with Crippen LogP contribution in [0.4, 0.5) is 18.9 Å². The third-order valence-corrected chi connectivity index (χ3v) is 5.31. The van der Waals surface area contributed by atoms with E-state index in [2.05, 4.69) is 5.32 Å². The summed E-state index contributed by atoms with van der Waals surface area (Å²) >= 11 is 0.703. The number of thioether (sulfide) groups is 1. The molecule has 0 atom stereocenters. The van der Waals surface area contributed by atoms with Gasteiger partial charge in [-0.2, -0.15) is 13.2 Å². The molecule has 0 heterocycles. The summed E-state index contributed by atoms with van der Waals surface area (Å²) in [5.74, 6) is -1.23. The molecule has 2 rings (SSSR count). The molecule has 0 radical (unpaired) electrons. The third-order valence-electron chi connectivity index (χ3n) is 4.28. The highest BCUT2D eigenvalue weighted by Gasteiger charge is 2.33. The number of halogens is 3. The van der Waals surface area contributed by atoms with Gasteiger partial charge < -0.3 is 10.1 Å². The molecule has 7 nitrogen and oxygen atoms in total. The number of alkyl halides is 3. The zero-order valence-corrected chi connectivity index (χ0v) is 17.9. The second kappa shape index (κ2) is 11.5. The van der Waals surface area contributed by atoms with Crippen molar-refractivity contribution in [1.29, 1.82) is 0 Å². The van der Waals surface area contributed by atoms with E-state index in [0.717, 1.165) is 17.2 Å². The molecule has 1 amide bonds. The summed E-state index contributed by atoms with van der Waals surface area (Å²) in [5.41, 5.74) is 0.283. The lowest BCUT2D eigenvalue weighted by Crippen LogP contribution is -2.28. The molecule has 2 aromatic rings. The van der Waals surface area contributed by atoms with E-state index in [1.54, 1.807) is 0 Å². The number of hydrogen-bond donors (Lipinski definition) is 1. The Balaban J connectivity index is 1.71.